The molecule has 102 valence electrons. The van der Waals surface area contributed by atoms with Crippen LogP contribution in [0.15, 0.2) is 66.2 Å². The monoisotopic (exact) mass is 262 g/mol. The minimum Gasteiger partial charge on any atom is -0.0622 e. The molecule has 0 nitrogen and oxygen atoms in total. The summed E-state index contributed by atoms with van der Waals surface area (Å²) in [5.74, 6) is 0. The van der Waals surface area contributed by atoms with Crippen molar-refractivity contribution < 1.29 is 0 Å². The molecule has 1 fully saturated rings. The molecule has 0 N–H and O–H groups in total. The van der Waals surface area contributed by atoms with Gasteiger partial charge in [0.1, 0.15) is 0 Å². The lowest BCUT2D eigenvalue weighted by atomic mass is 9.90. The van der Waals surface area contributed by atoms with Crippen molar-refractivity contribution in [3.63, 3.8) is 0 Å². The standard InChI is InChI=1S/C20H22/c1-2-6-12-17(11-5-1)20(18-13-7-3-8-14-18)19-15-9-4-10-16-19/h3-4,7-10,13-16H,1-2,5-6,11-12H2. The lowest BCUT2D eigenvalue weighted by Gasteiger charge is -2.15. The van der Waals surface area contributed by atoms with Crippen LogP contribution < -0.4 is 0 Å². The van der Waals surface area contributed by atoms with Gasteiger partial charge in [-0.3, -0.25) is 0 Å². The molecule has 0 unspecified atom stereocenters. The van der Waals surface area contributed by atoms with E-state index in [4.69, 9.17) is 0 Å². The lowest BCUT2D eigenvalue weighted by Crippen LogP contribution is -1.94. The molecule has 0 aliphatic heterocycles. The molecule has 0 atom stereocenters. The number of hydrogen-bond donors (Lipinski definition) is 0. The van der Waals surface area contributed by atoms with Crippen LogP contribution >= 0.6 is 0 Å². The molecule has 1 saturated carbocycles. The topological polar surface area (TPSA) is 0 Å². The van der Waals surface area contributed by atoms with Crippen LogP contribution in [0.2, 0.25) is 0 Å². The molecule has 1 aliphatic carbocycles. The summed E-state index contributed by atoms with van der Waals surface area (Å²) in [6.07, 6.45) is 8.00. The van der Waals surface area contributed by atoms with Crippen molar-refractivity contribution in [1.29, 1.82) is 0 Å². The minimum atomic E-state index is 1.26. The Bertz CT molecular complexity index is 512. The zero-order valence-electron chi connectivity index (χ0n) is 12.0. The van der Waals surface area contributed by atoms with E-state index in [0.29, 0.717) is 0 Å². The van der Waals surface area contributed by atoms with Gasteiger partial charge in [0, 0.05) is 0 Å². The van der Waals surface area contributed by atoms with Crippen molar-refractivity contribution in [2.45, 2.75) is 38.5 Å². The highest BCUT2D eigenvalue weighted by Crippen LogP contribution is 2.34. The predicted molar refractivity (Wildman–Crippen MR) is 86.6 cm³/mol. The third-order valence-corrected chi connectivity index (χ3v) is 4.19. The molecule has 0 spiro atoms. The quantitative estimate of drug-likeness (QED) is 0.596. The van der Waals surface area contributed by atoms with Crippen LogP contribution in [-0.2, 0) is 0 Å². The SMILES string of the molecule is c1ccc(C(=C2CCCCCC2)c2ccccc2)cc1. The molecule has 0 amide bonds. The second-order valence-corrected chi connectivity index (χ2v) is 5.62. The summed E-state index contributed by atoms with van der Waals surface area (Å²) in [5, 5.41) is 0. The van der Waals surface area contributed by atoms with Crippen LogP contribution in [0, 0.1) is 0 Å². The summed E-state index contributed by atoms with van der Waals surface area (Å²) in [6.45, 7) is 0. The van der Waals surface area contributed by atoms with Gasteiger partial charge in [-0.15, -0.1) is 0 Å². The molecule has 20 heavy (non-hydrogen) atoms. The fraction of sp³-hybridized carbons (Fsp3) is 0.300. The molecular formula is C20H22. The molecule has 0 bridgehead atoms. The summed E-state index contributed by atoms with van der Waals surface area (Å²) < 4.78 is 0. The van der Waals surface area contributed by atoms with E-state index in [1.165, 1.54) is 55.2 Å². The van der Waals surface area contributed by atoms with Crippen LogP contribution in [0.3, 0.4) is 0 Å². The van der Waals surface area contributed by atoms with E-state index in [0.717, 1.165) is 0 Å². The maximum Gasteiger partial charge on any atom is -0.0119 e. The van der Waals surface area contributed by atoms with Gasteiger partial charge < -0.3 is 0 Å². The molecule has 0 aromatic heterocycles. The van der Waals surface area contributed by atoms with Crippen molar-refractivity contribution in [2.24, 2.45) is 0 Å². The molecular weight excluding hydrogens is 240 g/mol. The molecule has 2 aromatic rings. The third kappa shape index (κ3) is 3.01. The van der Waals surface area contributed by atoms with Crippen molar-refractivity contribution in [2.75, 3.05) is 0 Å². The summed E-state index contributed by atoms with van der Waals surface area (Å²) in [4.78, 5) is 0. The van der Waals surface area contributed by atoms with Crippen molar-refractivity contribution in [3.8, 4) is 0 Å². The van der Waals surface area contributed by atoms with Crippen LogP contribution in [0.1, 0.15) is 49.7 Å². The average molecular weight is 262 g/mol. The van der Waals surface area contributed by atoms with Gasteiger partial charge in [0.05, 0.1) is 0 Å². The molecule has 0 saturated heterocycles. The van der Waals surface area contributed by atoms with Crippen LogP contribution in [-0.4, -0.2) is 0 Å². The highest BCUT2D eigenvalue weighted by atomic mass is 14.2. The highest BCUT2D eigenvalue weighted by Gasteiger charge is 2.13. The number of benzene rings is 2. The van der Waals surface area contributed by atoms with E-state index >= 15 is 0 Å². The molecule has 0 heteroatoms. The highest BCUT2D eigenvalue weighted by molar-refractivity contribution is 5.82. The molecule has 0 radical (unpaired) electrons. The Balaban J connectivity index is 2.10. The smallest absolute Gasteiger partial charge is 0.0119 e. The fourth-order valence-corrected chi connectivity index (χ4v) is 3.19. The maximum atomic E-state index is 2.25. The van der Waals surface area contributed by atoms with Gasteiger partial charge in [-0.05, 0) is 42.4 Å². The first-order valence-corrected chi connectivity index (χ1v) is 7.78. The first-order chi connectivity index (χ1) is 9.95. The lowest BCUT2D eigenvalue weighted by molar-refractivity contribution is 0.702. The van der Waals surface area contributed by atoms with Gasteiger partial charge in [-0.1, -0.05) is 79.1 Å². The van der Waals surface area contributed by atoms with Crippen molar-refractivity contribution in [3.05, 3.63) is 77.4 Å². The van der Waals surface area contributed by atoms with E-state index in [9.17, 15) is 0 Å². The maximum absolute atomic E-state index is 2.25. The molecule has 2 aromatic carbocycles. The van der Waals surface area contributed by atoms with E-state index in [-0.39, 0.29) is 0 Å². The third-order valence-electron chi connectivity index (χ3n) is 4.19. The molecule has 1 aliphatic rings. The minimum absolute atomic E-state index is 1.26. The second-order valence-electron chi connectivity index (χ2n) is 5.62. The van der Waals surface area contributed by atoms with E-state index in [1.807, 2.05) is 0 Å². The van der Waals surface area contributed by atoms with Crippen LogP contribution in [0.5, 0.6) is 0 Å². The zero-order chi connectivity index (χ0) is 13.6. The normalized spacial score (nSPS) is 15.7. The van der Waals surface area contributed by atoms with E-state index < -0.39 is 0 Å². The Labute approximate surface area is 122 Å². The Morgan fingerprint density at radius 1 is 0.550 bits per heavy atom. The van der Waals surface area contributed by atoms with Gasteiger partial charge in [0.25, 0.3) is 0 Å². The predicted octanol–water partition coefficient (Wildman–Crippen LogP) is 5.84. The van der Waals surface area contributed by atoms with Crippen LogP contribution in [0.25, 0.3) is 5.57 Å². The molecule has 3 rings (SSSR count). The van der Waals surface area contributed by atoms with Gasteiger partial charge in [-0.2, -0.15) is 0 Å². The first kappa shape index (κ1) is 13.2. The summed E-state index contributed by atoms with van der Waals surface area (Å²) in [6, 6.07) is 21.8. The number of rotatable bonds is 2. The molecule has 0 heterocycles. The van der Waals surface area contributed by atoms with Gasteiger partial charge in [-0.25, -0.2) is 0 Å². The van der Waals surface area contributed by atoms with Crippen LogP contribution in [0.4, 0.5) is 0 Å². The summed E-state index contributed by atoms with van der Waals surface area (Å²) in [7, 11) is 0. The fourth-order valence-electron chi connectivity index (χ4n) is 3.19. The van der Waals surface area contributed by atoms with Gasteiger partial charge in [0.15, 0.2) is 0 Å². The van der Waals surface area contributed by atoms with Gasteiger partial charge >= 0.3 is 0 Å². The first-order valence-electron chi connectivity index (χ1n) is 7.78. The van der Waals surface area contributed by atoms with E-state index in [1.54, 1.807) is 5.57 Å². The zero-order valence-corrected chi connectivity index (χ0v) is 12.0. The van der Waals surface area contributed by atoms with Crippen molar-refractivity contribution in [1.82, 2.24) is 0 Å². The average Bonchev–Trinajstić information content (AvgIpc) is 2.79. The largest absolute Gasteiger partial charge is 0.0622 e. The Morgan fingerprint density at radius 2 is 1.00 bits per heavy atom. The summed E-state index contributed by atoms with van der Waals surface area (Å²) in [5.41, 5.74) is 5.87. The second kappa shape index (κ2) is 6.56. The number of hydrogen-bond acceptors (Lipinski definition) is 0. The van der Waals surface area contributed by atoms with Gasteiger partial charge in [0.2, 0.25) is 0 Å². The Morgan fingerprint density at radius 3 is 1.45 bits per heavy atom. The summed E-state index contributed by atoms with van der Waals surface area (Å²) >= 11 is 0. The van der Waals surface area contributed by atoms with Crippen molar-refractivity contribution >= 4 is 5.57 Å². The Hall–Kier alpha value is -1.82. The number of allylic oxidation sites excluding steroid dienone is 1. The van der Waals surface area contributed by atoms with E-state index in [2.05, 4.69) is 60.7 Å². The Kier molecular flexibility index (Phi) is 4.32.